The Bertz CT molecular complexity index is 653. The van der Waals surface area contributed by atoms with Crippen LogP contribution in [0.25, 0.3) is 11.1 Å². The van der Waals surface area contributed by atoms with E-state index >= 15 is 0 Å². The summed E-state index contributed by atoms with van der Waals surface area (Å²) < 4.78 is 10.6. The van der Waals surface area contributed by atoms with E-state index < -0.39 is 5.97 Å². The quantitative estimate of drug-likeness (QED) is 0.785. The van der Waals surface area contributed by atoms with Crippen molar-refractivity contribution >= 4 is 23.1 Å². The number of methoxy groups -OCH3 is 1. The van der Waals surface area contributed by atoms with E-state index in [4.69, 9.17) is 9.15 Å². The predicted octanol–water partition coefficient (Wildman–Crippen LogP) is 1.76. The minimum atomic E-state index is -0.393. The number of esters is 1. The number of oxazole rings is 1. The number of rotatable bonds is 2. The molecule has 0 aliphatic carbocycles. The SMILES string of the molecule is COC(=O)c1cccc2oc(N3CCCN(C)CC3)nc12. The molecule has 112 valence electrons. The molecule has 0 radical (unpaired) electrons. The molecule has 0 unspecified atom stereocenters. The van der Waals surface area contributed by atoms with Gasteiger partial charge >= 0.3 is 5.97 Å². The lowest BCUT2D eigenvalue weighted by Gasteiger charge is -2.17. The number of aromatic nitrogens is 1. The summed E-state index contributed by atoms with van der Waals surface area (Å²) in [5.74, 6) is -0.393. The summed E-state index contributed by atoms with van der Waals surface area (Å²) >= 11 is 0. The summed E-state index contributed by atoms with van der Waals surface area (Å²) in [7, 11) is 3.48. The lowest BCUT2D eigenvalue weighted by Crippen LogP contribution is -2.28. The predicted molar refractivity (Wildman–Crippen MR) is 79.7 cm³/mol. The molecule has 6 heteroatoms. The number of carbonyl (C=O) groups excluding carboxylic acids is 1. The third-order valence-electron chi connectivity index (χ3n) is 3.80. The highest BCUT2D eigenvalue weighted by Gasteiger charge is 2.20. The number of benzene rings is 1. The molecular formula is C15H19N3O3. The standard InChI is InChI=1S/C15H19N3O3/c1-17-7-4-8-18(10-9-17)15-16-13-11(14(19)20-2)5-3-6-12(13)21-15/h3,5-6H,4,7-10H2,1-2H3. The van der Waals surface area contributed by atoms with Gasteiger partial charge in [0.2, 0.25) is 0 Å². The number of nitrogens with zero attached hydrogens (tertiary/aromatic N) is 3. The monoisotopic (exact) mass is 289 g/mol. The first-order valence-electron chi connectivity index (χ1n) is 7.10. The summed E-state index contributed by atoms with van der Waals surface area (Å²) in [5.41, 5.74) is 1.62. The first-order valence-corrected chi connectivity index (χ1v) is 7.10. The number of para-hydroxylation sites is 1. The highest BCUT2D eigenvalue weighted by Crippen LogP contribution is 2.25. The molecule has 0 saturated carbocycles. The summed E-state index contributed by atoms with van der Waals surface area (Å²) in [4.78, 5) is 20.7. The third-order valence-corrected chi connectivity index (χ3v) is 3.80. The van der Waals surface area contributed by atoms with Crippen LogP contribution in [0.15, 0.2) is 22.6 Å². The molecule has 0 amide bonds. The van der Waals surface area contributed by atoms with Crippen LogP contribution in [0.3, 0.4) is 0 Å². The van der Waals surface area contributed by atoms with Crippen LogP contribution in [-0.4, -0.2) is 56.2 Å². The van der Waals surface area contributed by atoms with Crippen molar-refractivity contribution in [2.75, 3.05) is 45.2 Å². The zero-order valence-corrected chi connectivity index (χ0v) is 12.3. The van der Waals surface area contributed by atoms with Crippen molar-refractivity contribution in [2.45, 2.75) is 6.42 Å². The number of hydrogen-bond donors (Lipinski definition) is 0. The van der Waals surface area contributed by atoms with Crippen molar-refractivity contribution in [3.8, 4) is 0 Å². The van der Waals surface area contributed by atoms with Gasteiger partial charge in [-0.2, -0.15) is 4.98 Å². The highest BCUT2D eigenvalue weighted by molar-refractivity contribution is 6.01. The molecule has 1 saturated heterocycles. The highest BCUT2D eigenvalue weighted by atomic mass is 16.5. The molecule has 1 aliphatic heterocycles. The van der Waals surface area contributed by atoms with Gasteiger partial charge in [-0.3, -0.25) is 0 Å². The molecule has 0 atom stereocenters. The number of ether oxygens (including phenoxy) is 1. The van der Waals surface area contributed by atoms with E-state index in [0.717, 1.165) is 32.6 Å². The number of carbonyl (C=O) groups is 1. The Morgan fingerprint density at radius 2 is 2.14 bits per heavy atom. The topological polar surface area (TPSA) is 58.8 Å². The second-order valence-electron chi connectivity index (χ2n) is 5.28. The Balaban J connectivity index is 1.95. The molecule has 3 rings (SSSR count). The number of likely N-dealkylation sites (N-methyl/N-ethyl adjacent to an activating group) is 1. The molecular weight excluding hydrogens is 270 g/mol. The Morgan fingerprint density at radius 1 is 1.29 bits per heavy atom. The second-order valence-corrected chi connectivity index (χ2v) is 5.28. The molecule has 1 fully saturated rings. The maximum atomic E-state index is 11.8. The second kappa shape index (κ2) is 5.73. The van der Waals surface area contributed by atoms with Crippen molar-refractivity contribution in [2.24, 2.45) is 0 Å². The number of fused-ring (bicyclic) bond motifs is 1. The van der Waals surface area contributed by atoms with Gasteiger partial charge in [-0.1, -0.05) is 6.07 Å². The molecule has 1 aromatic carbocycles. The van der Waals surface area contributed by atoms with E-state index in [9.17, 15) is 4.79 Å². The van der Waals surface area contributed by atoms with E-state index in [1.807, 2.05) is 6.07 Å². The Morgan fingerprint density at radius 3 is 2.95 bits per heavy atom. The Kier molecular flexibility index (Phi) is 3.79. The summed E-state index contributed by atoms with van der Waals surface area (Å²) in [6.07, 6.45) is 1.07. The molecule has 0 N–H and O–H groups in total. The summed E-state index contributed by atoms with van der Waals surface area (Å²) in [5, 5.41) is 0. The van der Waals surface area contributed by atoms with E-state index in [2.05, 4.69) is 21.8 Å². The minimum Gasteiger partial charge on any atom is -0.465 e. The third kappa shape index (κ3) is 2.71. The van der Waals surface area contributed by atoms with Crippen LogP contribution >= 0.6 is 0 Å². The van der Waals surface area contributed by atoms with E-state index in [0.29, 0.717) is 22.7 Å². The van der Waals surface area contributed by atoms with Gasteiger partial charge in [0.15, 0.2) is 5.58 Å². The van der Waals surface area contributed by atoms with Crippen LogP contribution in [0.1, 0.15) is 16.8 Å². The van der Waals surface area contributed by atoms with Crippen LogP contribution in [0.2, 0.25) is 0 Å². The zero-order chi connectivity index (χ0) is 14.8. The number of anilines is 1. The minimum absolute atomic E-state index is 0.393. The molecule has 21 heavy (non-hydrogen) atoms. The molecule has 6 nitrogen and oxygen atoms in total. The smallest absolute Gasteiger partial charge is 0.340 e. The fraction of sp³-hybridized carbons (Fsp3) is 0.467. The Hall–Kier alpha value is -2.08. The first kappa shape index (κ1) is 13.9. The lowest BCUT2D eigenvalue weighted by atomic mass is 10.2. The van der Waals surface area contributed by atoms with Crippen LogP contribution in [0.5, 0.6) is 0 Å². The van der Waals surface area contributed by atoms with Crippen molar-refractivity contribution in [3.63, 3.8) is 0 Å². The molecule has 0 spiro atoms. The van der Waals surface area contributed by atoms with Gasteiger partial charge < -0.3 is 19.0 Å². The van der Waals surface area contributed by atoms with Gasteiger partial charge in [0.05, 0.1) is 12.7 Å². The fourth-order valence-corrected chi connectivity index (χ4v) is 2.58. The maximum Gasteiger partial charge on any atom is 0.340 e. The Labute approximate surface area is 123 Å². The van der Waals surface area contributed by atoms with E-state index in [1.165, 1.54) is 7.11 Å². The van der Waals surface area contributed by atoms with Crippen molar-refractivity contribution in [1.29, 1.82) is 0 Å². The molecule has 0 bridgehead atoms. The van der Waals surface area contributed by atoms with Crippen molar-refractivity contribution < 1.29 is 13.9 Å². The maximum absolute atomic E-state index is 11.8. The van der Waals surface area contributed by atoms with E-state index in [1.54, 1.807) is 12.1 Å². The van der Waals surface area contributed by atoms with Gasteiger partial charge in [-0.05, 0) is 32.1 Å². The number of hydrogen-bond acceptors (Lipinski definition) is 6. The first-order chi connectivity index (χ1) is 10.2. The van der Waals surface area contributed by atoms with Gasteiger partial charge in [0, 0.05) is 19.6 Å². The average molecular weight is 289 g/mol. The summed E-state index contributed by atoms with van der Waals surface area (Å²) in [6.45, 7) is 3.83. The zero-order valence-electron chi connectivity index (χ0n) is 12.3. The molecule has 1 aliphatic rings. The van der Waals surface area contributed by atoms with Gasteiger partial charge in [0.25, 0.3) is 6.01 Å². The molecule has 2 heterocycles. The largest absolute Gasteiger partial charge is 0.465 e. The van der Waals surface area contributed by atoms with Crippen LogP contribution < -0.4 is 4.90 Å². The van der Waals surface area contributed by atoms with Crippen molar-refractivity contribution in [3.05, 3.63) is 23.8 Å². The summed E-state index contributed by atoms with van der Waals surface area (Å²) in [6, 6.07) is 5.88. The lowest BCUT2D eigenvalue weighted by molar-refractivity contribution is 0.0603. The average Bonchev–Trinajstić information content (AvgIpc) is 2.82. The fourth-order valence-electron chi connectivity index (χ4n) is 2.58. The van der Waals surface area contributed by atoms with Gasteiger partial charge in [0.1, 0.15) is 5.52 Å². The van der Waals surface area contributed by atoms with Crippen LogP contribution in [-0.2, 0) is 4.74 Å². The normalized spacial score (nSPS) is 17.0. The van der Waals surface area contributed by atoms with Crippen LogP contribution in [0.4, 0.5) is 6.01 Å². The van der Waals surface area contributed by atoms with Gasteiger partial charge in [-0.15, -0.1) is 0 Å². The van der Waals surface area contributed by atoms with Crippen LogP contribution in [0, 0.1) is 0 Å². The van der Waals surface area contributed by atoms with Gasteiger partial charge in [-0.25, -0.2) is 4.79 Å². The van der Waals surface area contributed by atoms with Crippen molar-refractivity contribution in [1.82, 2.24) is 9.88 Å². The van der Waals surface area contributed by atoms with E-state index in [-0.39, 0.29) is 0 Å². The molecule has 1 aromatic heterocycles. The molecule has 2 aromatic rings.